The van der Waals surface area contributed by atoms with Gasteiger partial charge in [-0.1, -0.05) is 18.2 Å². The van der Waals surface area contributed by atoms with E-state index in [1.54, 1.807) is 6.07 Å². The first-order valence-corrected chi connectivity index (χ1v) is 6.65. The molecule has 0 amide bonds. The molecule has 0 aliphatic carbocycles. The second-order valence-electron chi connectivity index (χ2n) is 5.22. The van der Waals surface area contributed by atoms with Crippen LogP contribution in [0.2, 0.25) is 0 Å². The highest BCUT2D eigenvalue weighted by Crippen LogP contribution is 2.38. The first kappa shape index (κ1) is 12.7. The summed E-state index contributed by atoms with van der Waals surface area (Å²) in [5, 5.41) is 9.02. The van der Waals surface area contributed by atoms with Crippen molar-refractivity contribution in [3.63, 3.8) is 0 Å². The van der Waals surface area contributed by atoms with Gasteiger partial charge in [0.1, 0.15) is 5.82 Å². The molecule has 1 atom stereocenters. The van der Waals surface area contributed by atoms with Gasteiger partial charge in [0.2, 0.25) is 0 Å². The summed E-state index contributed by atoms with van der Waals surface area (Å²) >= 11 is 0. The quantitative estimate of drug-likeness (QED) is 0.909. The first-order chi connectivity index (χ1) is 9.58. The third-order valence-corrected chi connectivity index (χ3v) is 3.73. The highest BCUT2D eigenvalue weighted by molar-refractivity contribution is 5.88. The predicted molar refractivity (Wildman–Crippen MR) is 77.7 cm³/mol. The smallest absolute Gasteiger partial charge is 0.337 e. The Hall–Kier alpha value is -2.36. The van der Waals surface area contributed by atoms with Crippen molar-refractivity contribution in [2.45, 2.75) is 26.3 Å². The number of nitrogens with zero attached hydrogens (tertiary/aromatic N) is 2. The highest BCUT2D eigenvalue weighted by atomic mass is 16.4. The summed E-state index contributed by atoms with van der Waals surface area (Å²) in [6, 6.07) is 10.3. The Bertz CT molecular complexity index is 682. The van der Waals surface area contributed by atoms with Crippen molar-refractivity contribution in [2.24, 2.45) is 0 Å². The summed E-state index contributed by atoms with van der Waals surface area (Å²) < 4.78 is 0. The molecule has 0 fully saturated rings. The normalized spacial score (nSPS) is 17.1. The van der Waals surface area contributed by atoms with E-state index in [-0.39, 0.29) is 5.56 Å². The van der Waals surface area contributed by atoms with Gasteiger partial charge in [0.05, 0.1) is 5.56 Å². The molecule has 2 heterocycles. The molecule has 0 radical (unpaired) electrons. The van der Waals surface area contributed by atoms with E-state index in [0.29, 0.717) is 6.04 Å². The maximum absolute atomic E-state index is 11.0. The minimum absolute atomic E-state index is 0.228. The van der Waals surface area contributed by atoms with Crippen LogP contribution < -0.4 is 4.90 Å². The number of pyridine rings is 1. The van der Waals surface area contributed by atoms with E-state index in [9.17, 15) is 4.79 Å². The van der Waals surface area contributed by atoms with Gasteiger partial charge in [-0.25, -0.2) is 9.78 Å². The van der Waals surface area contributed by atoms with Crippen LogP contribution in [0.3, 0.4) is 0 Å². The molecule has 0 bridgehead atoms. The molecule has 1 aromatic heterocycles. The number of carboxylic acid groups (broad SMARTS) is 1. The Morgan fingerprint density at radius 1 is 1.40 bits per heavy atom. The lowest BCUT2D eigenvalue weighted by Gasteiger charge is -2.25. The Kier molecular flexibility index (Phi) is 2.93. The molecule has 0 spiro atoms. The van der Waals surface area contributed by atoms with E-state index in [1.807, 2.05) is 19.1 Å². The molecule has 4 heteroatoms. The number of hydrogen-bond donors (Lipinski definition) is 1. The average Bonchev–Trinajstić information content (AvgIpc) is 2.74. The molecule has 1 aromatic carbocycles. The molecule has 1 N–H and O–H groups in total. The molecule has 1 unspecified atom stereocenters. The Morgan fingerprint density at radius 2 is 2.15 bits per heavy atom. The maximum Gasteiger partial charge on any atom is 0.337 e. The van der Waals surface area contributed by atoms with Gasteiger partial charge >= 0.3 is 5.97 Å². The summed E-state index contributed by atoms with van der Waals surface area (Å²) in [4.78, 5) is 17.6. The van der Waals surface area contributed by atoms with E-state index >= 15 is 0 Å². The largest absolute Gasteiger partial charge is 0.478 e. The molecule has 102 valence electrons. The number of para-hydroxylation sites is 1. The van der Waals surface area contributed by atoms with Crippen LogP contribution in [0, 0.1) is 6.92 Å². The van der Waals surface area contributed by atoms with Crippen molar-refractivity contribution in [1.29, 1.82) is 0 Å². The minimum Gasteiger partial charge on any atom is -0.478 e. The molecule has 1 aliphatic rings. The van der Waals surface area contributed by atoms with E-state index < -0.39 is 5.97 Å². The van der Waals surface area contributed by atoms with Crippen LogP contribution in [0.4, 0.5) is 11.5 Å². The van der Waals surface area contributed by atoms with E-state index in [2.05, 4.69) is 28.9 Å². The van der Waals surface area contributed by atoms with Gasteiger partial charge in [0.15, 0.2) is 0 Å². The van der Waals surface area contributed by atoms with Gasteiger partial charge < -0.3 is 10.0 Å². The summed E-state index contributed by atoms with van der Waals surface area (Å²) in [6.45, 7) is 4.06. The maximum atomic E-state index is 11.0. The van der Waals surface area contributed by atoms with Crippen LogP contribution in [0.25, 0.3) is 0 Å². The van der Waals surface area contributed by atoms with Crippen LogP contribution in [0.1, 0.15) is 28.4 Å². The molecule has 0 saturated carbocycles. The summed E-state index contributed by atoms with van der Waals surface area (Å²) in [7, 11) is 0. The number of carbonyl (C=O) groups is 1. The van der Waals surface area contributed by atoms with Crippen molar-refractivity contribution in [2.75, 3.05) is 4.90 Å². The summed E-state index contributed by atoms with van der Waals surface area (Å²) in [5.74, 6) is -0.102. The molecule has 0 saturated heterocycles. The monoisotopic (exact) mass is 268 g/mol. The lowest BCUT2D eigenvalue weighted by atomic mass is 10.1. The number of anilines is 2. The first-order valence-electron chi connectivity index (χ1n) is 6.65. The van der Waals surface area contributed by atoms with Crippen molar-refractivity contribution in [3.05, 3.63) is 53.2 Å². The lowest BCUT2D eigenvalue weighted by molar-refractivity contribution is 0.0696. The van der Waals surface area contributed by atoms with Gasteiger partial charge in [-0.3, -0.25) is 0 Å². The molecular weight excluding hydrogens is 252 g/mol. The fourth-order valence-electron chi connectivity index (χ4n) is 2.83. The standard InChI is InChI=1S/C16H16N2O2/c1-10-7-13(16(19)20)9-17-15(10)18-11(2)8-12-5-3-4-6-14(12)18/h3-7,9,11H,8H2,1-2H3,(H,19,20). The topological polar surface area (TPSA) is 53.4 Å². The fraction of sp³-hybridized carbons (Fsp3) is 0.250. The highest BCUT2D eigenvalue weighted by Gasteiger charge is 2.28. The van der Waals surface area contributed by atoms with Gasteiger partial charge in [-0.15, -0.1) is 0 Å². The fourth-order valence-corrected chi connectivity index (χ4v) is 2.83. The van der Waals surface area contributed by atoms with Crippen molar-refractivity contribution in [3.8, 4) is 0 Å². The Labute approximate surface area is 117 Å². The van der Waals surface area contributed by atoms with Gasteiger partial charge in [-0.2, -0.15) is 0 Å². The second kappa shape index (κ2) is 4.63. The lowest BCUT2D eigenvalue weighted by Crippen LogP contribution is -2.25. The number of rotatable bonds is 2. The van der Waals surface area contributed by atoms with Gasteiger partial charge in [0, 0.05) is 17.9 Å². The van der Waals surface area contributed by atoms with Crippen molar-refractivity contribution >= 4 is 17.5 Å². The summed E-state index contributed by atoms with van der Waals surface area (Å²) in [6.07, 6.45) is 2.41. The van der Waals surface area contributed by atoms with Crippen LogP contribution >= 0.6 is 0 Å². The molecule has 4 nitrogen and oxygen atoms in total. The molecule has 3 rings (SSSR count). The molecule has 20 heavy (non-hydrogen) atoms. The number of carboxylic acids is 1. The number of aromatic nitrogens is 1. The Balaban J connectivity index is 2.07. The van der Waals surface area contributed by atoms with Gasteiger partial charge in [-0.05, 0) is 43.5 Å². The van der Waals surface area contributed by atoms with Crippen LogP contribution in [-0.2, 0) is 6.42 Å². The summed E-state index contributed by atoms with van der Waals surface area (Å²) in [5.41, 5.74) is 3.59. The molecule has 1 aliphatic heterocycles. The van der Waals surface area contributed by atoms with Gasteiger partial charge in [0.25, 0.3) is 0 Å². The predicted octanol–water partition coefficient (Wildman–Crippen LogP) is 3.17. The third-order valence-electron chi connectivity index (χ3n) is 3.73. The van der Waals surface area contributed by atoms with Crippen LogP contribution in [-0.4, -0.2) is 22.1 Å². The number of aryl methyl sites for hydroxylation is 1. The zero-order valence-electron chi connectivity index (χ0n) is 11.5. The van der Waals surface area contributed by atoms with E-state index in [1.165, 1.54) is 17.4 Å². The second-order valence-corrected chi connectivity index (χ2v) is 5.22. The molecular formula is C16H16N2O2. The molecule has 2 aromatic rings. The Morgan fingerprint density at radius 3 is 2.85 bits per heavy atom. The number of benzene rings is 1. The number of hydrogen-bond acceptors (Lipinski definition) is 3. The van der Waals surface area contributed by atoms with Crippen molar-refractivity contribution in [1.82, 2.24) is 4.98 Å². The SMILES string of the molecule is Cc1cc(C(=O)O)cnc1N1c2ccccc2CC1C. The van der Waals surface area contributed by atoms with Crippen LogP contribution in [0.5, 0.6) is 0 Å². The zero-order chi connectivity index (χ0) is 14.3. The number of fused-ring (bicyclic) bond motifs is 1. The number of aromatic carboxylic acids is 1. The van der Waals surface area contributed by atoms with E-state index in [0.717, 1.165) is 17.8 Å². The average molecular weight is 268 g/mol. The van der Waals surface area contributed by atoms with Crippen molar-refractivity contribution < 1.29 is 9.90 Å². The minimum atomic E-state index is -0.943. The van der Waals surface area contributed by atoms with E-state index in [4.69, 9.17) is 5.11 Å². The zero-order valence-corrected chi connectivity index (χ0v) is 11.5. The third kappa shape index (κ3) is 1.93. The van der Waals surface area contributed by atoms with Crippen LogP contribution in [0.15, 0.2) is 36.5 Å².